The maximum absolute atomic E-state index is 2.67. The second-order valence-electron chi connectivity index (χ2n) is 9.13. The molecule has 0 bridgehead atoms. The van der Waals surface area contributed by atoms with E-state index in [0.29, 0.717) is 0 Å². The van der Waals surface area contributed by atoms with E-state index < -0.39 is 0 Å². The summed E-state index contributed by atoms with van der Waals surface area (Å²) in [4.78, 5) is 0. The number of rotatable bonds is 2. The highest BCUT2D eigenvalue weighted by Gasteiger charge is 2.50. The van der Waals surface area contributed by atoms with Crippen LogP contribution in [-0.4, -0.2) is 0 Å². The van der Waals surface area contributed by atoms with E-state index in [1.807, 2.05) is 0 Å². The molecule has 6 unspecified atom stereocenters. The molecule has 21 heavy (non-hydrogen) atoms. The summed E-state index contributed by atoms with van der Waals surface area (Å²) in [7, 11) is 0. The lowest BCUT2D eigenvalue weighted by molar-refractivity contribution is 0.0472. The van der Waals surface area contributed by atoms with Gasteiger partial charge in [-0.25, -0.2) is 0 Å². The van der Waals surface area contributed by atoms with Gasteiger partial charge in [-0.3, -0.25) is 0 Å². The van der Waals surface area contributed by atoms with Crippen LogP contribution in [0.1, 0.15) is 90.4 Å². The molecule has 4 aliphatic rings. The van der Waals surface area contributed by atoms with E-state index in [-0.39, 0.29) is 0 Å². The summed E-state index contributed by atoms with van der Waals surface area (Å²) in [6.45, 7) is 2.67. The van der Waals surface area contributed by atoms with E-state index in [4.69, 9.17) is 0 Å². The van der Waals surface area contributed by atoms with Crippen LogP contribution in [0.4, 0.5) is 0 Å². The summed E-state index contributed by atoms with van der Waals surface area (Å²) in [5.41, 5.74) is 0. The summed E-state index contributed by atoms with van der Waals surface area (Å²) in [5, 5.41) is 0. The quantitative estimate of drug-likeness (QED) is 0.548. The zero-order valence-corrected chi connectivity index (χ0v) is 14.2. The highest BCUT2D eigenvalue weighted by atomic mass is 14.5. The normalized spacial score (nSPS) is 45.9. The third-order valence-corrected chi connectivity index (χ3v) is 8.29. The van der Waals surface area contributed by atoms with Gasteiger partial charge in [0.05, 0.1) is 0 Å². The Morgan fingerprint density at radius 1 is 0.667 bits per heavy atom. The molecule has 120 valence electrons. The van der Waals surface area contributed by atoms with Crippen LogP contribution in [0.2, 0.25) is 0 Å². The van der Waals surface area contributed by atoms with Gasteiger partial charge in [-0.1, -0.05) is 71.1 Å². The first-order chi connectivity index (χ1) is 10.3. The first kappa shape index (κ1) is 14.6. The molecule has 0 heteroatoms. The Bertz CT molecular complexity index is 340. The van der Waals surface area contributed by atoms with Crippen molar-refractivity contribution in [2.24, 2.45) is 41.4 Å². The summed E-state index contributed by atoms with van der Waals surface area (Å²) in [6.07, 6.45) is 20.3. The highest BCUT2D eigenvalue weighted by Crippen LogP contribution is 2.58. The first-order valence-corrected chi connectivity index (χ1v) is 10.3. The second-order valence-corrected chi connectivity index (χ2v) is 9.13. The Morgan fingerprint density at radius 2 is 1.38 bits per heavy atom. The van der Waals surface area contributed by atoms with Crippen molar-refractivity contribution in [1.82, 2.24) is 0 Å². The average Bonchev–Trinajstić information content (AvgIpc) is 2.93. The molecule has 0 heterocycles. The van der Waals surface area contributed by atoms with E-state index in [1.165, 1.54) is 19.3 Å². The van der Waals surface area contributed by atoms with Crippen LogP contribution in [0.15, 0.2) is 0 Å². The zero-order chi connectivity index (χ0) is 14.2. The predicted octanol–water partition coefficient (Wildman–Crippen LogP) is 6.45. The molecular formula is C21H36. The van der Waals surface area contributed by atoms with Gasteiger partial charge in [0.15, 0.2) is 0 Å². The SMILES string of the molecule is CC(C1CCCCC1)C1CCCC2CC3CCCCC3C21. The summed E-state index contributed by atoms with van der Waals surface area (Å²) >= 11 is 0. The molecule has 4 fully saturated rings. The fourth-order valence-electron chi connectivity index (χ4n) is 7.34. The van der Waals surface area contributed by atoms with Crippen LogP contribution >= 0.6 is 0 Å². The van der Waals surface area contributed by atoms with Gasteiger partial charge in [-0.05, 0) is 60.7 Å². The number of hydrogen-bond acceptors (Lipinski definition) is 0. The number of fused-ring (bicyclic) bond motifs is 3. The van der Waals surface area contributed by atoms with E-state index >= 15 is 0 Å². The molecular weight excluding hydrogens is 252 g/mol. The van der Waals surface area contributed by atoms with Crippen molar-refractivity contribution in [3.63, 3.8) is 0 Å². The smallest absolute Gasteiger partial charge is 0.0324 e. The molecule has 0 aromatic rings. The molecule has 6 atom stereocenters. The molecule has 4 rings (SSSR count). The van der Waals surface area contributed by atoms with E-state index in [2.05, 4.69) is 6.92 Å². The summed E-state index contributed by atoms with van der Waals surface area (Å²) in [5.74, 6) is 7.83. The Balaban J connectivity index is 1.50. The Hall–Kier alpha value is 0. The Morgan fingerprint density at radius 3 is 2.24 bits per heavy atom. The van der Waals surface area contributed by atoms with E-state index in [9.17, 15) is 0 Å². The highest BCUT2D eigenvalue weighted by molar-refractivity contribution is 4.99. The Kier molecular flexibility index (Phi) is 4.34. The van der Waals surface area contributed by atoms with Crippen molar-refractivity contribution in [3.8, 4) is 0 Å². The minimum Gasteiger partial charge on any atom is -0.0620 e. The van der Waals surface area contributed by atoms with Crippen molar-refractivity contribution in [2.45, 2.75) is 90.4 Å². The molecule has 0 nitrogen and oxygen atoms in total. The van der Waals surface area contributed by atoms with Crippen LogP contribution in [0.5, 0.6) is 0 Å². The van der Waals surface area contributed by atoms with Gasteiger partial charge in [0, 0.05) is 0 Å². The minimum absolute atomic E-state index is 1.04. The summed E-state index contributed by atoms with van der Waals surface area (Å²) in [6, 6.07) is 0. The molecule has 0 aromatic carbocycles. The molecule has 4 saturated carbocycles. The second kappa shape index (κ2) is 6.25. The van der Waals surface area contributed by atoms with Crippen LogP contribution in [0.3, 0.4) is 0 Å². The third-order valence-electron chi connectivity index (χ3n) is 8.29. The zero-order valence-electron chi connectivity index (χ0n) is 14.2. The van der Waals surface area contributed by atoms with Crippen molar-refractivity contribution < 1.29 is 0 Å². The maximum atomic E-state index is 2.67. The molecule has 0 aliphatic heterocycles. The average molecular weight is 289 g/mol. The first-order valence-electron chi connectivity index (χ1n) is 10.3. The predicted molar refractivity (Wildman–Crippen MR) is 90.1 cm³/mol. The molecule has 0 radical (unpaired) electrons. The molecule has 0 spiro atoms. The van der Waals surface area contributed by atoms with Gasteiger partial charge in [-0.15, -0.1) is 0 Å². The lowest BCUT2D eigenvalue weighted by Gasteiger charge is -2.44. The van der Waals surface area contributed by atoms with Crippen molar-refractivity contribution in [3.05, 3.63) is 0 Å². The Labute approximate surface area is 132 Å². The van der Waals surface area contributed by atoms with Crippen molar-refractivity contribution in [2.75, 3.05) is 0 Å². The van der Waals surface area contributed by atoms with Gasteiger partial charge < -0.3 is 0 Å². The van der Waals surface area contributed by atoms with Crippen LogP contribution in [0, 0.1) is 41.4 Å². The lowest BCUT2D eigenvalue weighted by Crippen LogP contribution is -2.37. The van der Waals surface area contributed by atoms with Crippen LogP contribution in [-0.2, 0) is 0 Å². The van der Waals surface area contributed by atoms with Gasteiger partial charge in [0.25, 0.3) is 0 Å². The van der Waals surface area contributed by atoms with E-state index in [1.54, 1.807) is 64.2 Å². The van der Waals surface area contributed by atoms with Gasteiger partial charge in [0.1, 0.15) is 0 Å². The standard InChI is InChI=1S/C21H36/c1-15(16-8-3-2-4-9-16)19-13-7-11-18-14-17-10-5-6-12-20(17)21(18)19/h15-21H,2-14H2,1H3. The van der Waals surface area contributed by atoms with Gasteiger partial charge in [-0.2, -0.15) is 0 Å². The topological polar surface area (TPSA) is 0 Å². The summed E-state index contributed by atoms with van der Waals surface area (Å²) < 4.78 is 0. The monoisotopic (exact) mass is 288 g/mol. The minimum atomic E-state index is 1.04. The van der Waals surface area contributed by atoms with Crippen LogP contribution < -0.4 is 0 Å². The molecule has 0 amide bonds. The third kappa shape index (κ3) is 2.70. The van der Waals surface area contributed by atoms with Crippen LogP contribution in [0.25, 0.3) is 0 Å². The molecule has 0 aromatic heterocycles. The molecule has 0 saturated heterocycles. The lowest BCUT2D eigenvalue weighted by atomic mass is 9.61. The molecule has 4 aliphatic carbocycles. The van der Waals surface area contributed by atoms with Gasteiger partial charge in [0.2, 0.25) is 0 Å². The largest absolute Gasteiger partial charge is 0.0620 e. The molecule has 0 N–H and O–H groups in total. The van der Waals surface area contributed by atoms with Crippen molar-refractivity contribution >= 4 is 0 Å². The number of hydrogen-bond donors (Lipinski definition) is 0. The fraction of sp³-hybridized carbons (Fsp3) is 1.00. The van der Waals surface area contributed by atoms with Crippen molar-refractivity contribution in [1.29, 1.82) is 0 Å². The van der Waals surface area contributed by atoms with Gasteiger partial charge >= 0.3 is 0 Å². The van der Waals surface area contributed by atoms with E-state index in [0.717, 1.165) is 41.4 Å². The maximum Gasteiger partial charge on any atom is -0.0324 e. The fourth-order valence-corrected chi connectivity index (χ4v) is 7.34.